The fraction of sp³-hybridized carbons (Fsp3) is 0.423. The highest BCUT2D eigenvalue weighted by atomic mass is 16.7. The molecule has 2 aliphatic rings. The zero-order chi connectivity index (χ0) is 28.0. The van der Waals surface area contributed by atoms with E-state index in [-0.39, 0.29) is 34.5 Å². The number of aromatic hydroxyl groups is 2. The summed E-state index contributed by atoms with van der Waals surface area (Å²) < 4.78 is 22.1. The summed E-state index contributed by atoms with van der Waals surface area (Å²) in [5, 5.41) is 81.6. The lowest BCUT2D eigenvalue weighted by molar-refractivity contribution is -0.291. The summed E-state index contributed by atoms with van der Waals surface area (Å²) in [4.78, 5) is 13.3. The quantitative estimate of drug-likeness (QED) is 0.189. The van der Waals surface area contributed by atoms with Crippen LogP contribution in [0.4, 0.5) is 0 Å². The smallest absolute Gasteiger partial charge is 0.200 e. The normalized spacial score (nSPS) is 33.3. The van der Waals surface area contributed by atoms with Gasteiger partial charge in [-0.25, -0.2) is 0 Å². The first-order valence-corrected chi connectivity index (χ1v) is 12.1. The van der Waals surface area contributed by atoms with Crippen molar-refractivity contribution in [3.05, 3.63) is 58.4 Å². The van der Waals surface area contributed by atoms with Gasteiger partial charge in [-0.3, -0.25) is 4.79 Å². The van der Waals surface area contributed by atoms with Gasteiger partial charge < -0.3 is 59.5 Å². The number of phenols is 2. The van der Waals surface area contributed by atoms with Gasteiger partial charge in [-0.1, -0.05) is 12.1 Å². The average Bonchev–Trinajstić information content (AvgIpc) is 2.92. The lowest BCUT2D eigenvalue weighted by Gasteiger charge is -2.42. The van der Waals surface area contributed by atoms with Crippen LogP contribution in [0.1, 0.15) is 11.7 Å². The standard InChI is InChI=1S/C26H28O13/c27-11-3-1-10(2-4-11)13-7-36-24-12(18(13)30)5-6-14(28)17(24)25-22(34)21(33)20(32)16(39-25)9-38-26-23(35)19(31)15(29)8-37-26/h1-7,15-16,19-23,25-29,31-35H,8-9H2/t15-,16-,19-,20+,21-,22-,23+,25-,26-/m0/s1. The minimum absolute atomic E-state index is 0.0113. The molecule has 5 rings (SSSR count). The van der Waals surface area contributed by atoms with Crippen LogP contribution in [0.3, 0.4) is 0 Å². The van der Waals surface area contributed by atoms with Gasteiger partial charge in [-0.15, -0.1) is 0 Å². The van der Waals surface area contributed by atoms with Gasteiger partial charge in [0, 0.05) is 0 Å². The Kier molecular flexibility index (Phi) is 7.61. The van der Waals surface area contributed by atoms with Crippen molar-refractivity contribution < 1.29 is 59.5 Å². The Labute approximate surface area is 220 Å². The van der Waals surface area contributed by atoms with Crippen molar-refractivity contribution in [1.29, 1.82) is 0 Å². The maximum atomic E-state index is 13.3. The number of ether oxygens (including phenoxy) is 3. The third-order valence-corrected chi connectivity index (χ3v) is 7.01. The molecule has 0 spiro atoms. The van der Waals surface area contributed by atoms with Crippen LogP contribution < -0.4 is 5.43 Å². The zero-order valence-corrected chi connectivity index (χ0v) is 20.3. The molecule has 2 aliphatic heterocycles. The zero-order valence-electron chi connectivity index (χ0n) is 20.3. The monoisotopic (exact) mass is 548 g/mol. The maximum absolute atomic E-state index is 13.3. The third-order valence-electron chi connectivity index (χ3n) is 7.01. The summed E-state index contributed by atoms with van der Waals surface area (Å²) >= 11 is 0. The van der Waals surface area contributed by atoms with Gasteiger partial charge in [0.15, 0.2) is 6.29 Å². The molecule has 13 heteroatoms. The van der Waals surface area contributed by atoms with Gasteiger partial charge in [-0.2, -0.15) is 0 Å². The Bertz CT molecular complexity index is 1370. The Morgan fingerprint density at radius 3 is 2.28 bits per heavy atom. The molecular weight excluding hydrogens is 520 g/mol. The van der Waals surface area contributed by atoms with E-state index in [4.69, 9.17) is 18.6 Å². The summed E-state index contributed by atoms with van der Waals surface area (Å²) in [5.74, 6) is -0.407. The topological polar surface area (TPSA) is 220 Å². The van der Waals surface area contributed by atoms with E-state index in [9.17, 15) is 45.6 Å². The second-order valence-electron chi connectivity index (χ2n) is 9.55. The fourth-order valence-corrected chi connectivity index (χ4v) is 4.77. The van der Waals surface area contributed by atoms with Crippen LogP contribution in [-0.4, -0.2) is 103 Å². The molecule has 3 heterocycles. The van der Waals surface area contributed by atoms with E-state index in [1.165, 1.54) is 36.4 Å². The molecule has 2 saturated heterocycles. The van der Waals surface area contributed by atoms with Crippen LogP contribution in [0, 0.1) is 0 Å². The molecule has 13 nitrogen and oxygen atoms in total. The minimum atomic E-state index is -1.78. The first-order valence-electron chi connectivity index (χ1n) is 12.1. The molecule has 3 aromatic rings. The summed E-state index contributed by atoms with van der Waals surface area (Å²) in [6, 6.07) is 8.39. The van der Waals surface area contributed by atoms with E-state index in [1.807, 2.05) is 0 Å². The Hall–Kier alpha value is -3.11. The van der Waals surface area contributed by atoms with Crippen LogP contribution >= 0.6 is 0 Å². The Morgan fingerprint density at radius 2 is 1.56 bits per heavy atom. The van der Waals surface area contributed by atoms with Crippen LogP contribution in [0.2, 0.25) is 0 Å². The summed E-state index contributed by atoms with van der Waals surface area (Å²) in [6.07, 6.45) is -12.7. The highest BCUT2D eigenvalue weighted by Gasteiger charge is 2.47. The Morgan fingerprint density at radius 1 is 0.846 bits per heavy atom. The van der Waals surface area contributed by atoms with Crippen LogP contribution in [0.5, 0.6) is 11.5 Å². The van der Waals surface area contributed by atoms with Crippen molar-refractivity contribution in [2.75, 3.05) is 13.2 Å². The highest BCUT2D eigenvalue weighted by Crippen LogP contribution is 2.41. The molecule has 1 aromatic heterocycles. The molecule has 210 valence electrons. The van der Waals surface area contributed by atoms with Crippen molar-refractivity contribution in [1.82, 2.24) is 0 Å². The largest absolute Gasteiger partial charge is 0.508 e. The first kappa shape index (κ1) is 27.5. The molecule has 0 aliphatic carbocycles. The number of aliphatic hydroxyl groups is 6. The van der Waals surface area contributed by atoms with E-state index in [0.717, 1.165) is 6.26 Å². The summed E-state index contributed by atoms with van der Waals surface area (Å²) in [6.45, 7) is -0.817. The SMILES string of the molecule is O=c1c(-c2ccc(O)cc2)coc2c([C@@H]3O[C@@H](CO[C@@H]4OC[C@H](O)[C@H](O)[C@H]4O)[C@@H](O)[C@H](O)[C@@H]3O)c(O)ccc12. The lowest BCUT2D eigenvalue weighted by atomic mass is 9.89. The molecule has 2 aromatic carbocycles. The third kappa shape index (κ3) is 5.00. The first-order chi connectivity index (χ1) is 18.6. The number of benzene rings is 2. The molecule has 8 N–H and O–H groups in total. The molecule has 0 bridgehead atoms. The second kappa shape index (κ2) is 10.8. The van der Waals surface area contributed by atoms with Crippen LogP contribution in [-0.2, 0) is 14.2 Å². The molecule has 39 heavy (non-hydrogen) atoms. The van der Waals surface area contributed by atoms with Gasteiger partial charge in [0.2, 0.25) is 5.43 Å². The van der Waals surface area contributed by atoms with Crippen molar-refractivity contribution in [3.63, 3.8) is 0 Å². The minimum Gasteiger partial charge on any atom is -0.508 e. The second-order valence-corrected chi connectivity index (χ2v) is 9.55. The number of fused-ring (bicyclic) bond motifs is 1. The predicted molar refractivity (Wildman–Crippen MR) is 131 cm³/mol. The fourth-order valence-electron chi connectivity index (χ4n) is 4.77. The molecule has 9 atom stereocenters. The summed E-state index contributed by atoms with van der Waals surface area (Å²) in [5.41, 5.74) is -0.120. The molecular formula is C26H28O13. The summed E-state index contributed by atoms with van der Waals surface area (Å²) in [7, 11) is 0. The number of phenolic OH excluding ortho intramolecular Hbond substituents is 2. The van der Waals surface area contributed by atoms with Gasteiger partial charge in [0.05, 0.1) is 29.7 Å². The number of rotatable bonds is 5. The van der Waals surface area contributed by atoms with Crippen molar-refractivity contribution >= 4 is 11.0 Å². The molecule has 0 saturated carbocycles. The van der Waals surface area contributed by atoms with Crippen molar-refractivity contribution in [3.8, 4) is 22.6 Å². The number of aliphatic hydroxyl groups excluding tert-OH is 6. The Balaban J connectivity index is 1.45. The van der Waals surface area contributed by atoms with Crippen molar-refractivity contribution in [2.24, 2.45) is 0 Å². The maximum Gasteiger partial charge on any atom is 0.200 e. The van der Waals surface area contributed by atoms with E-state index in [0.29, 0.717) is 5.56 Å². The van der Waals surface area contributed by atoms with Crippen LogP contribution in [0.15, 0.2) is 51.9 Å². The lowest BCUT2D eigenvalue weighted by Crippen LogP contribution is -2.57. The highest BCUT2D eigenvalue weighted by molar-refractivity contribution is 5.86. The van der Waals surface area contributed by atoms with Gasteiger partial charge >= 0.3 is 0 Å². The van der Waals surface area contributed by atoms with E-state index in [2.05, 4.69) is 0 Å². The predicted octanol–water partition coefficient (Wildman–Crippen LogP) is -1.15. The molecule has 0 unspecified atom stereocenters. The van der Waals surface area contributed by atoms with Gasteiger partial charge in [0.1, 0.15) is 72.2 Å². The van der Waals surface area contributed by atoms with E-state index in [1.54, 1.807) is 0 Å². The van der Waals surface area contributed by atoms with E-state index < -0.39 is 72.9 Å². The molecule has 0 radical (unpaired) electrons. The average molecular weight is 548 g/mol. The van der Waals surface area contributed by atoms with Gasteiger partial charge in [0.25, 0.3) is 0 Å². The molecule has 0 amide bonds. The van der Waals surface area contributed by atoms with Gasteiger partial charge in [-0.05, 0) is 29.8 Å². The van der Waals surface area contributed by atoms with E-state index >= 15 is 0 Å². The molecule has 2 fully saturated rings. The van der Waals surface area contributed by atoms with Crippen molar-refractivity contribution in [2.45, 2.75) is 55.1 Å². The number of hydrogen-bond donors (Lipinski definition) is 8. The number of hydrogen-bond acceptors (Lipinski definition) is 13. The van der Waals surface area contributed by atoms with Crippen LogP contribution in [0.25, 0.3) is 22.1 Å².